The molecule has 0 bridgehead atoms. The van der Waals surface area contributed by atoms with Crippen molar-refractivity contribution in [3.8, 4) is 0 Å². The summed E-state index contributed by atoms with van der Waals surface area (Å²) in [6.07, 6.45) is 1.65. The van der Waals surface area contributed by atoms with Gasteiger partial charge in [0, 0.05) is 18.9 Å². The average molecular weight is 266 g/mol. The standard InChI is InChI=1S/C11H12ClN5O/c1-6-3-9(12)15-11(14-6)16-10(18)8-4-7(13)5-17(8)2/h3-5H,13H2,1-2H3,(H,14,15,16,18). The van der Waals surface area contributed by atoms with Crippen LogP contribution in [0.5, 0.6) is 0 Å². The fraction of sp³-hybridized carbons (Fsp3) is 0.182. The number of nitrogens with one attached hydrogen (secondary N) is 1. The summed E-state index contributed by atoms with van der Waals surface area (Å²) in [5, 5.41) is 2.85. The molecule has 0 aliphatic heterocycles. The monoisotopic (exact) mass is 265 g/mol. The number of carbonyl (C=O) groups is 1. The molecule has 0 aromatic carbocycles. The Hall–Kier alpha value is -2.08. The number of nitrogen functional groups attached to an aromatic ring is 1. The Kier molecular flexibility index (Phi) is 3.20. The number of anilines is 2. The third-order valence-electron chi connectivity index (χ3n) is 2.31. The van der Waals surface area contributed by atoms with Crippen molar-refractivity contribution in [3.05, 3.63) is 34.9 Å². The molecule has 0 unspecified atom stereocenters. The molecule has 94 valence electrons. The smallest absolute Gasteiger partial charge is 0.274 e. The van der Waals surface area contributed by atoms with Crippen LogP contribution in [0.25, 0.3) is 0 Å². The van der Waals surface area contributed by atoms with Gasteiger partial charge in [-0.1, -0.05) is 11.6 Å². The number of hydrogen-bond acceptors (Lipinski definition) is 4. The van der Waals surface area contributed by atoms with E-state index in [2.05, 4.69) is 15.3 Å². The van der Waals surface area contributed by atoms with Crippen molar-refractivity contribution in [2.24, 2.45) is 7.05 Å². The molecule has 7 heteroatoms. The molecule has 0 aliphatic rings. The first kappa shape index (κ1) is 12.4. The first-order valence-electron chi connectivity index (χ1n) is 5.20. The van der Waals surface area contributed by atoms with Gasteiger partial charge in [0.15, 0.2) is 0 Å². The summed E-state index contributed by atoms with van der Waals surface area (Å²) in [5.41, 5.74) is 7.23. The van der Waals surface area contributed by atoms with Gasteiger partial charge in [-0.2, -0.15) is 0 Å². The minimum Gasteiger partial charge on any atom is -0.397 e. The van der Waals surface area contributed by atoms with Crippen molar-refractivity contribution in [2.75, 3.05) is 11.1 Å². The highest BCUT2D eigenvalue weighted by molar-refractivity contribution is 6.29. The number of hydrogen-bond donors (Lipinski definition) is 2. The van der Waals surface area contributed by atoms with E-state index in [0.29, 0.717) is 17.1 Å². The van der Waals surface area contributed by atoms with E-state index in [1.165, 1.54) is 0 Å². The summed E-state index contributed by atoms with van der Waals surface area (Å²) in [7, 11) is 1.73. The molecule has 1 amide bonds. The molecule has 18 heavy (non-hydrogen) atoms. The molecule has 2 aromatic heterocycles. The number of amides is 1. The van der Waals surface area contributed by atoms with E-state index in [4.69, 9.17) is 17.3 Å². The lowest BCUT2D eigenvalue weighted by Gasteiger charge is -2.05. The highest BCUT2D eigenvalue weighted by Gasteiger charge is 2.12. The molecule has 0 fully saturated rings. The second kappa shape index (κ2) is 4.66. The van der Waals surface area contributed by atoms with Gasteiger partial charge in [-0.3, -0.25) is 10.1 Å². The van der Waals surface area contributed by atoms with Crippen LogP contribution in [-0.4, -0.2) is 20.4 Å². The number of nitrogens with two attached hydrogens (primary N) is 1. The molecule has 0 aliphatic carbocycles. The summed E-state index contributed by atoms with van der Waals surface area (Å²) in [6.45, 7) is 1.77. The maximum atomic E-state index is 12.0. The van der Waals surface area contributed by atoms with Crippen molar-refractivity contribution in [2.45, 2.75) is 6.92 Å². The Bertz CT molecular complexity index is 587. The van der Waals surface area contributed by atoms with Gasteiger partial charge in [-0.25, -0.2) is 9.97 Å². The van der Waals surface area contributed by atoms with Crippen LogP contribution in [0.15, 0.2) is 18.3 Å². The molecule has 2 heterocycles. The van der Waals surface area contributed by atoms with Crippen molar-refractivity contribution < 1.29 is 4.79 Å². The Morgan fingerprint density at radius 3 is 2.72 bits per heavy atom. The van der Waals surface area contributed by atoms with Gasteiger partial charge in [0.05, 0.1) is 5.69 Å². The molecule has 2 rings (SSSR count). The van der Waals surface area contributed by atoms with E-state index in [1.54, 1.807) is 36.9 Å². The molecule has 0 saturated heterocycles. The van der Waals surface area contributed by atoms with Gasteiger partial charge in [-0.15, -0.1) is 0 Å². The van der Waals surface area contributed by atoms with Crippen LogP contribution in [0.1, 0.15) is 16.2 Å². The first-order valence-corrected chi connectivity index (χ1v) is 5.58. The van der Waals surface area contributed by atoms with E-state index in [0.717, 1.165) is 0 Å². The number of aromatic nitrogens is 3. The molecule has 0 spiro atoms. The van der Waals surface area contributed by atoms with Gasteiger partial charge in [0.1, 0.15) is 10.8 Å². The quantitative estimate of drug-likeness (QED) is 0.808. The van der Waals surface area contributed by atoms with Crippen LogP contribution >= 0.6 is 11.6 Å². The Morgan fingerprint density at radius 2 is 2.17 bits per heavy atom. The molecule has 0 atom stereocenters. The second-order valence-electron chi connectivity index (χ2n) is 3.88. The van der Waals surface area contributed by atoms with Crippen molar-refractivity contribution in [3.63, 3.8) is 0 Å². The SMILES string of the molecule is Cc1cc(Cl)nc(NC(=O)c2cc(N)cn2C)n1. The summed E-state index contributed by atoms with van der Waals surface area (Å²) >= 11 is 5.79. The van der Waals surface area contributed by atoms with Crippen LogP contribution in [0.4, 0.5) is 11.6 Å². The topological polar surface area (TPSA) is 85.8 Å². The van der Waals surface area contributed by atoms with Gasteiger partial charge < -0.3 is 10.3 Å². The van der Waals surface area contributed by atoms with Crippen molar-refractivity contribution >= 4 is 29.1 Å². The molecule has 3 N–H and O–H groups in total. The number of carbonyl (C=O) groups excluding carboxylic acids is 1. The van der Waals surface area contributed by atoms with Crippen LogP contribution in [0, 0.1) is 6.92 Å². The fourth-order valence-electron chi connectivity index (χ4n) is 1.57. The zero-order valence-electron chi connectivity index (χ0n) is 9.94. The number of aryl methyl sites for hydroxylation is 2. The fourth-order valence-corrected chi connectivity index (χ4v) is 1.81. The third kappa shape index (κ3) is 2.60. The third-order valence-corrected chi connectivity index (χ3v) is 2.50. The van der Waals surface area contributed by atoms with E-state index in [1.807, 2.05) is 0 Å². The lowest BCUT2D eigenvalue weighted by atomic mass is 10.4. The maximum Gasteiger partial charge on any atom is 0.274 e. The summed E-state index contributed by atoms with van der Waals surface area (Å²) in [5.74, 6) is -0.166. The minimum atomic E-state index is -0.337. The lowest BCUT2D eigenvalue weighted by molar-refractivity contribution is 0.101. The maximum absolute atomic E-state index is 12.0. The predicted molar refractivity (Wildman–Crippen MR) is 69.6 cm³/mol. The zero-order chi connectivity index (χ0) is 13.3. The molecular formula is C11H12ClN5O. The molecule has 0 saturated carbocycles. The first-order chi connectivity index (χ1) is 8.45. The summed E-state index contributed by atoms with van der Waals surface area (Å²) in [6, 6.07) is 3.18. The zero-order valence-corrected chi connectivity index (χ0v) is 10.7. The number of nitrogens with zero attached hydrogens (tertiary/aromatic N) is 3. The van der Waals surface area contributed by atoms with E-state index in [9.17, 15) is 4.79 Å². The second-order valence-corrected chi connectivity index (χ2v) is 4.27. The molecule has 0 radical (unpaired) electrons. The van der Waals surface area contributed by atoms with E-state index >= 15 is 0 Å². The van der Waals surface area contributed by atoms with Crippen LogP contribution in [-0.2, 0) is 7.05 Å². The molecule has 6 nitrogen and oxygen atoms in total. The minimum absolute atomic E-state index is 0.171. The normalized spacial score (nSPS) is 10.4. The van der Waals surface area contributed by atoms with Crippen LogP contribution in [0.2, 0.25) is 5.15 Å². The van der Waals surface area contributed by atoms with Crippen molar-refractivity contribution in [1.82, 2.24) is 14.5 Å². The summed E-state index contributed by atoms with van der Waals surface area (Å²) in [4.78, 5) is 19.9. The van der Waals surface area contributed by atoms with E-state index < -0.39 is 0 Å². The number of halogens is 1. The Morgan fingerprint density at radius 1 is 1.44 bits per heavy atom. The highest BCUT2D eigenvalue weighted by atomic mass is 35.5. The average Bonchev–Trinajstić information content (AvgIpc) is 2.56. The van der Waals surface area contributed by atoms with Gasteiger partial charge in [-0.05, 0) is 19.1 Å². The van der Waals surface area contributed by atoms with Gasteiger partial charge in [0.25, 0.3) is 5.91 Å². The Labute approximate surface area is 109 Å². The largest absolute Gasteiger partial charge is 0.397 e. The number of rotatable bonds is 2. The van der Waals surface area contributed by atoms with Crippen molar-refractivity contribution in [1.29, 1.82) is 0 Å². The van der Waals surface area contributed by atoms with E-state index in [-0.39, 0.29) is 17.0 Å². The molecular weight excluding hydrogens is 254 g/mol. The molecule has 2 aromatic rings. The van der Waals surface area contributed by atoms with Gasteiger partial charge in [0.2, 0.25) is 5.95 Å². The highest BCUT2D eigenvalue weighted by Crippen LogP contribution is 2.13. The van der Waals surface area contributed by atoms with Gasteiger partial charge >= 0.3 is 0 Å². The summed E-state index contributed by atoms with van der Waals surface area (Å²) < 4.78 is 1.63. The predicted octanol–water partition coefficient (Wildman–Crippen LogP) is 1.61. The lowest BCUT2D eigenvalue weighted by Crippen LogP contribution is -2.17. The van der Waals surface area contributed by atoms with Crippen LogP contribution in [0.3, 0.4) is 0 Å². The Balaban J connectivity index is 2.23. The van der Waals surface area contributed by atoms with Crippen LogP contribution < -0.4 is 11.1 Å².